The number of amides is 3. The molecule has 34 heavy (non-hydrogen) atoms. The van der Waals surface area contributed by atoms with Gasteiger partial charge in [0.05, 0.1) is 33.6 Å². The molecule has 0 spiro atoms. The first-order valence-electron chi connectivity index (χ1n) is 10.4. The van der Waals surface area contributed by atoms with Crippen molar-refractivity contribution < 1.29 is 42.5 Å². The highest BCUT2D eigenvalue weighted by Crippen LogP contribution is 2.39. The lowest BCUT2D eigenvalue weighted by Gasteiger charge is -2.28. The summed E-state index contributed by atoms with van der Waals surface area (Å²) in [6.07, 6.45) is 0.955. The molecule has 1 N–H and O–H groups in total. The molecule has 2 aromatic rings. The van der Waals surface area contributed by atoms with Crippen molar-refractivity contribution in [1.82, 2.24) is 15.3 Å². The number of nitrogens with one attached hydrogen (secondary N) is 1. The Hall–Kier alpha value is -4.22. The fraction of sp³-hybridized carbons (Fsp3) is 0.364. The highest BCUT2D eigenvalue weighted by atomic mass is 16.7. The molecule has 3 amide bonds. The predicted molar refractivity (Wildman–Crippen MR) is 116 cm³/mol. The summed E-state index contributed by atoms with van der Waals surface area (Å²) in [5, 5.41) is 5.02. The summed E-state index contributed by atoms with van der Waals surface area (Å²) in [6, 6.07) is 5.78. The quantitative estimate of drug-likeness (QED) is 0.448. The van der Waals surface area contributed by atoms with E-state index in [2.05, 4.69) is 5.32 Å². The highest BCUT2D eigenvalue weighted by molar-refractivity contribution is 5.98. The normalized spacial score (nSPS) is 12.8. The Labute approximate surface area is 195 Å². The number of nitrogens with zero attached hydrogens (tertiary/aromatic N) is 2. The Morgan fingerprint density at radius 1 is 1.06 bits per heavy atom. The van der Waals surface area contributed by atoms with Crippen molar-refractivity contribution in [2.24, 2.45) is 0 Å². The van der Waals surface area contributed by atoms with E-state index in [1.807, 2.05) is 0 Å². The van der Waals surface area contributed by atoms with Gasteiger partial charge in [0.25, 0.3) is 17.7 Å². The average molecular weight is 475 g/mol. The molecule has 0 unspecified atom stereocenters. The van der Waals surface area contributed by atoms with E-state index < -0.39 is 23.9 Å². The third kappa shape index (κ3) is 5.39. The van der Waals surface area contributed by atoms with Gasteiger partial charge in [0.15, 0.2) is 17.3 Å². The van der Waals surface area contributed by atoms with Crippen LogP contribution in [0.15, 0.2) is 34.9 Å². The molecule has 1 aromatic heterocycles. The largest absolute Gasteiger partial charge is 0.514 e. The Morgan fingerprint density at radius 3 is 2.32 bits per heavy atom. The van der Waals surface area contributed by atoms with Crippen LogP contribution in [0.2, 0.25) is 0 Å². The second-order valence-electron chi connectivity index (χ2n) is 6.95. The summed E-state index contributed by atoms with van der Waals surface area (Å²) in [5.74, 6) is -1.34. The van der Waals surface area contributed by atoms with Crippen molar-refractivity contribution in [3.05, 3.63) is 41.9 Å². The van der Waals surface area contributed by atoms with Crippen LogP contribution in [-0.2, 0) is 9.53 Å². The first kappa shape index (κ1) is 24.4. The number of rotatable bonds is 8. The molecule has 1 aliphatic rings. The van der Waals surface area contributed by atoms with Crippen molar-refractivity contribution in [3.8, 4) is 17.2 Å². The smallest absolute Gasteiger partial charge is 0.493 e. The third-order valence-electron chi connectivity index (χ3n) is 4.85. The van der Waals surface area contributed by atoms with Gasteiger partial charge in [0.1, 0.15) is 0 Å². The lowest BCUT2D eigenvalue weighted by molar-refractivity contribution is -0.139. The predicted octanol–water partition coefficient (Wildman–Crippen LogP) is 1.85. The fourth-order valence-electron chi connectivity index (χ4n) is 3.31. The van der Waals surface area contributed by atoms with Gasteiger partial charge >= 0.3 is 6.16 Å². The van der Waals surface area contributed by atoms with E-state index >= 15 is 0 Å². The van der Waals surface area contributed by atoms with E-state index in [-0.39, 0.29) is 41.7 Å². The molecule has 182 valence electrons. The van der Waals surface area contributed by atoms with Gasteiger partial charge in [-0.3, -0.25) is 14.4 Å². The van der Waals surface area contributed by atoms with Gasteiger partial charge in [-0.2, -0.15) is 0 Å². The molecule has 1 fully saturated rings. The summed E-state index contributed by atoms with van der Waals surface area (Å²) in [4.78, 5) is 49.8. The Balaban J connectivity index is 1.76. The molecule has 3 rings (SSSR count). The summed E-state index contributed by atoms with van der Waals surface area (Å²) in [7, 11) is 2.68. The number of hydrogen-bond donors (Lipinski definition) is 1. The molecular weight excluding hydrogens is 450 g/mol. The van der Waals surface area contributed by atoms with Gasteiger partial charge in [-0.1, -0.05) is 0 Å². The Bertz CT molecular complexity index is 1030. The Morgan fingerprint density at radius 2 is 1.74 bits per heavy atom. The topological polar surface area (TPSA) is 137 Å². The second-order valence-corrected chi connectivity index (χ2v) is 6.95. The van der Waals surface area contributed by atoms with E-state index in [0.29, 0.717) is 19.5 Å². The first-order chi connectivity index (χ1) is 16.4. The minimum absolute atomic E-state index is 0.0463. The molecule has 0 aliphatic carbocycles. The fourth-order valence-corrected chi connectivity index (χ4v) is 3.31. The third-order valence-corrected chi connectivity index (χ3v) is 4.85. The number of hydrogen-bond acceptors (Lipinski definition) is 9. The Kier molecular flexibility index (Phi) is 7.96. The van der Waals surface area contributed by atoms with Crippen LogP contribution in [0.1, 0.15) is 34.3 Å². The van der Waals surface area contributed by atoms with Gasteiger partial charge in [-0.15, -0.1) is 0 Å². The molecule has 12 heteroatoms. The minimum atomic E-state index is -0.953. The SMILES string of the molecule is CCOC(=O)Oc1c(OC)cc(C(=O)N2CCCN2C(=O)CNC(=O)c2ccco2)cc1OC. The van der Waals surface area contributed by atoms with Crippen LogP contribution in [0.4, 0.5) is 4.79 Å². The van der Waals surface area contributed by atoms with Gasteiger partial charge in [-0.05, 0) is 37.6 Å². The summed E-state index contributed by atoms with van der Waals surface area (Å²) >= 11 is 0. The van der Waals surface area contributed by atoms with Crippen molar-refractivity contribution in [2.75, 3.05) is 40.5 Å². The lowest BCUT2D eigenvalue weighted by Crippen LogP contribution is -2.48. The van der Waals surface area contributed by atoms with Crippen LogP contribution in [0.5, 0.6) is 17.2 Å². The molecule has 0 saturated carbocycles. The van der Waals surface area contributed by atoms with Crippen molar-refractivity contribution in [1.29, 1.82) is 0 Å². The zero-order valence-corrected chi connectivity index (χ0v) is 19.0. The van der Waals surface area contributed by atoms with Gasteiger partial charge in [0, 0.05) is 18.7 Å². The monoisotopic (exact) mass is 475 g/mol. The lowest BCUT2D eigenvalue weighted by atomic mass is 10.1. The van der Waals surface area contributed by atoms with Crippen LogP contribution in [0.25, 0.3) is 0 Å². The molecule has 2 heterocycles. The average Bonchev–Trinajstić information content (AvgIpc) is 3.54. The van der Waals surface area contributed by atoms with Gasteiger partial charge < -0.3 is 28.7 Å². The van der Waals surface area contributed by atoms with Crippen LogP contribution >= 0.6 is 0 Å². The highest BCUT2D eigenvalue weighted by Gasteiger charge is 2.33. The molecule has 0 bridgehead atoms. The molecule has 0 radical (unpaired) electrons. The molecule has 1 saturated heterocycles. The van der Waals surface area contributed by atoms with Crippen LogP contribution in [-0.4, -0.2) is 74.4 Å². The van der Waals surface area contributed by atoms with Crippen LogP contribution < -0.4 is 19.5 Å². The second kappa shape index (κ2) is 11.1. The van der Waals surface area contributed by atoms with E-state index in [1.165, 1.54) is 48.7 Å². The zero-order valence-electron chi connectivity index (χ0n) is 19.0. The molecule has 0 atom stereocenters. The zero-order chi connectivity index (χ0) is 24.7. The van der Waals surface area contributed by atoms with E-state index in [4.69, 9.17) is 23.4 Å². The minimum Gasteiger partial charge on any atom is -0.493 e. The van der Waals surface area contributed by atoms with E-state index in [9.17, 15) is 19.2 Å². The number of furan rings is 1. The number of benzene rings is 1. The number of carbonyl (C=O) groups is 4. The van der Waals surface area contributed by atoms with Crippen LogP contribution in [0.3, 0.4) is 0 Å². The standard InChI is InChI=1S/C22H25N3O9/c1-4-32-22(29)34-19-16(30-2)11-14(12-17(19)31-3)21(28)25-9-6-8-24(25)18(26)13-23-20(27)15-7-5-10-33-15/h5,7,10-12H,4,6,8-9,13H2,1-3H3,(H,23,27). The van der Waals surface area contributed by atoms with E-state index in [1.54, 1.807) is 13.0 Å². The van der Waals surface area contributed by atoms with Crippen molar-refractivity contribution in [3.63, 3.8) is 0 Å². The molecule has 1 aromatic carbocycles. The van der Waals surface area contributed by atoms with E-state index in [0.717, 1.165) is 0 Å². The first-order valence-corrected chi connectivity index (χ1v) is 10.4. The number of hydrazine groups is 1. The van der Waals surface area contributed by atoms with Crippen molar-refractivity contribution in [2.45, 2.75) is 13.3 Å². The number of ether oxygens (including phenoxy) is 4. The van der Waals surface area contributed by atoms with Crippen LogP contribution in [0, 0.1) is 0 Å². The van der Waals surface area contributed by atoms with Gasteiger partial charge in [0.2, 0.25) is 5.75 Å². The maximum atomic E-state index is 13.2. The number of carbonyl (C=O) groups excluding carboxylic acids is 4. The molecular formula is C22H25N3O9. The van der Waals surface area contributed by atoms with Gasteiger partial charge in [-0.25, -0.2) is 14.8 Å². The van der Waals surface area contributed by atoms with Crippen molar-refractivity contribution >= 4 is 23.9 Å². The number of methoxy groups -OCH3 is 2. The summed E-state index contributed by atoms with van der Waals surface area (Å²) < 4.78 is 25.5. The summed E-state index contributed by atoms with van der Waals surface area (Å²) in [6.45, 7) is 2.02. The maximum Gasteiger partial charge on any atom is 0.514 e. The summed E-state index contributed by atoms with van der Waals surface area (Å²) in [5.41, 5.74) is 0.143. The molecule has 1 aliphatic heterocycles. The maximum absolute atomic E-state index is 13.2. The molecule has 12 nitrogen and oxygen atoms in total.